The highest BCUT2D eigenvalue weighted by Crippen LogP contribution is 2.38. The summed E-state index contributed by atoms with van der Waals surface area (Å²) in [7, 11) is 2.45. The highest BCUT2D eigenvalue weighted by atomic mass is 19.4. The van der Waals surface area contributed by atoms with Crippen molar-refractivity contribution in [3.63, 3.8) is 0 Å². The van der Waals surface area contributed by atoms with E-state index in [2.05, 4.69) is 15.0 Å². The highest BCUT2D eigenvalue weighted by molar-refractivity contribution is 5.96. The lowest BCUT2D eigenvalue weighted by molar-refractivity contribution is -0.141. The first-order valence-corrected chi connectivity index (χ1v) is 11.5. The minimum absolute atomic E-state index is 0.0563. The number of nitrogens with one attached hydrogen (secondary N) is 1. The number of carbonyl (C=O) groups excluding carboxylic acids is 1. The average Bonchev–Trinajstić information content (AvgIpc) is 3.22. The molecular weight excluding hydrogens is 563 g/mol. The third-order valence-corrected chi connectivity index (χ3v) is 5.87. The van der Waals surface area contributed by atoms with Crippen LogP contribution >= 0.6 is 0 Å². The quantitative estimate of drug-likeness (QED) is 0.378. The van der Waals surface area contributed by atoms with Crippen LogP contribution in [0.1, 0.15) is 27.2 Å². The SMILES string of the molecule is COc1cc(F)c(C2=C(NC(=O)c3ccc(OC(F)F)cc3)CN(c3cc(C#N)cc(C(F)(F)F)n3)N2C)c(F)c1. The van der Waals surface area contributed by atoms with Gasteiger partial charge in [0.2, 0.25) is 0 Å². The zero-order chi connectivity index (χ0) is 30.1. The third kappa shape index (κ3) is 6.11. The van der Waals surface area contributed by atoms with Crippen molar-refractivity contribution < 1.29 is 45.0 Å². The molecule has 0 radical (unpaired) electrons. The number of alkyl halides is 5. The molecule has 0 aliphatic carbocycles. The fourth-order valence-corrected chi connectivity index (χ4v) is 4.04. The van der Waals surface area contributed by atoms with Crippen molar-refractivity contribution in [2.24, 2.45) is 0 Å². The number of benzene rings is 2. The number of rotatable bonds is 7. The van der Waals surface area contributed by atoms with E-state index >= 15 is 8.78 Å². The van der Waals surface area contributed by atoms with Crippen LogP contribution in [0, 0.1) is 23.0 Å². The van der Waals surface area contributed by atoms with Crippen molar-refractivity contribution in [1.82, 2.24) is 15.3 Å². The predicted molar refractivity (Wildman–Crippen MR) is 129 cm³/mol. The first-order valence-electron chi connectivity index (χ1n) is 11.5. The molecule has 1 aromatic heterocycles. The van der Waals surface area contributed by atoms with Crippen LogP contribution in [0.5, 0.6) is 11.5 Å². The van der Waals surface area contributed by atoms with Gasteiger partial charge in [-0.15, -0.1) is 0 Å². The zero-order valence-corrected chi connectivity index (χ0v) is 21.1. The maximum absolute atomic E-state index is 15.2. The Morgan fingerprint density at radius 3 is 2.24 bits per heavy atom. The smallest absolute Gasteiger partial charge is 0.433 e. The van der Waals surface area contributed by atoms with Gasteiger partial charge in [-0.05, 0) is 30.3 Å². The standard InChI is InChI=1S/C26H18F7N5O3/c1-37-23(22-17(27)9-16(40-2)10-18(22)28)19(35-24(39)14-3-5-15(6-4-14)41-25(29)30)12-38(37)21-8-13(11-34)7-20(36-21)26(31,32)33/h3-10,25H,12H2,1-2H3,(H,35,39). The molecule has 214 valence electrons. The van der Waals surface area contributed by atoms with E-state index in [1.54, 1.807) is 6.07 Å². The number of methoxy groups -OCH3 is 1. The Hall–Kier alpha value is -5.00. The Bertz CT molecular complexity index is 1530. The Morgan fingerprint density at radius 1 is 1.07 bits per heavy atom. The van der Waals surface area contributed by atoms with Crippen molar-refractivity contribution >= 4 is 17.4 Å². The van der Waals surface area contributed by atoms with Crippen molar-refractivity contribution in [3.8, 4) is 17.6 Å². The maximum atomic E-state index is 15.2. The maximum Gasteiger partial charge on any atom is 0.433 e. The number of hydrogen-bond acceptors (Lipinski definition) is 7. The first kappa shape index (κ1) is 29.0. The Kier molecular flexibility index (Phi) is 7.95. The summed E-state index contributed by atoms with van der Waals surface area (Å²) in [6, 6.07) is 9.46. The van der Waals surface area contributed by atoms with Crippen LogP contribution in [-0.4, -0.2) is 43.2 Å². The number of halogens is 7. The largest absolute Gasteiger partial charge is 0.497 e. The molecule has 1 N–H and O–H groups in total. The average molecular weight is 581 g/mol. The lowest BCUT2D eigenvalue weighted by Gasteiger charge is -2.30. The molecule has 3 aromatic rings. The summed E-state index contributed by atoms with van der Waals surface area (Å²) < 4.78 is 105. The molecule has 0 bridgehead atoms. The molecule has 0 saturated carbocycles. The van der Waals surface area contributed by atoms with E-state index < -0.39 is 53.9 Å². The summed E-state index contributed by atoms with van der Waals surface area (Å²) in [5, 5.41) is 13.9. The van der Waals surface area contributed by atoms with Crippen LogP contribution in [0.3, 0.4) is 0 Å². The number of aromatic nitrogens is 1. The number of pyridine rings is 1. The summed E-state index contributed by atoms with van der Waals surface area (Å²) in [6.45, 7) is -3.53. The van der Waals surface area contributed by atoms with Crippen LogP contribution in [0.15, 0.2) is 54.2 Å². The second-order valence-corrected chi connectivity index (χ2v) is 8.44. The molecule has 0 fully saturated rings. The van der Waals surface area contributed by atoms with E-state index in [0.29, 0.717) is 6.07 Å². The van der Waals surface area contributed by atoms with Gasteiger partial charge in [0.15, 0.2) is 0 Å². The van der Waals surface area contributed by atoms with Gasteiger partial charge in [-0.1, -0.05) is 0 Å². The van der Waals surface area contributed by atoms with Crippen molar-refractivity contribution in [3.05, 3.63) is 88.2 Å². The summed E-state index contributed by atoms with van der Waals surface area (Å²) in [6.07, 6.45) is -4.92. The molecule has 4 rings (SSSR count). The highest BCUT2D eigenvalue weighted by Gasteiger charge is 2.37. The molecule has 0 atom stereocenters. The lowest BCUT2D eigenvalue weighted by Crippen LogP contribution is -2.36. The second kappa shape index (κ2) is 11.2. The minimum Gasteiger partial charge on any atom is -0.497 e. The molecule has 1 aliphatic rings. The number of anilines is 1. The number of nitrogens with zero attached hydrogens (tertiary/aromatic N) is 4. The third-order valence-electron chi connectivity index (χ3n) is 5.87. The van der Waals surface area contributed by atoms with Crippen LogP contribution < -0.4 is 19.8 Å². The molecule has 1 amide bonds. The van der Waals surface area contributed by atoms with E-state index in [1.807, 2.05) is 0 Å². The van der Waals surface area contributed by atoms with Crippen LogP contribution in [0.25, 0.3) is 5.70 Å². The number of amides is 1. The molecule has 0 saturated heterocycles. The van der Waals surface area contributed by atoms with E-state index in [0.717, 1.165) is 52.5 Å². The van der Waals surface area contributed by atoms with E-state index in [-0.39, 0.29) is 34.0 Å². The van der Waals surface area contributed by atoms with E-state index in [4.69, 9.17) is 4.74 Å². The number of hydrazine groups is 1. The van der Waals surface area contributed by atoms with Gasteiger partial charge in [-0.3, -0.25) is 14.8 Å². The van der Waals surface area contributed by atoms with Gasteiger partial charge < -0.3 is 14.8 Å². The van der Waals surface area contributed by atoms with Crippen molar-refractivity contribution in [2.75, 3.05) is 25.7 Å². The van der Waals surface area contributed by atoms with E-state index in [1.165, 1.54) is 14.2 Å². The Balaban J connectivity index is 1.78. The number of ether oxygens (including phenoxy) is 2. The molecule has 0 unspecified atom stereocenters. The number of carbonyl (C=O) groups is 1. The molecule has 2 heterocycles. The van der Waals surface area contributed by atoms with Crippen LogP contribution in [0.2, 0.25) is 0 Å². The lowest BCUT2D eigenvalue weighted by atomic mass is 10.1. The summed E-state index contributed by atoms with van der Waals surface area (Å²) in [5.41, 5.74) is -2.88. The second-order valence-electron chi connectivity index (χ2n) is 8.44. The fraction of sp³-hybridized carbons (Fsp3) is 0.192. The van der Waals surface area contributed by atoms with Crippen molar-refractivity contribution in [2.45, 2.75) is 12.8 Å². The first-order chi connectivity index (χ1) is 19.3. The van der Waals surface area contributed by atoms with Gasteiger partial charge in [0.1, 0.15) is 34.6 Å². The summed E-state index contributed by atoms with van der Waals surface area (Å²) in [5.74, 6) is -3.84. The van der Waals surface area contributed by atoms with Gasteiger partial charge in [0.25, 0.3) is 5.91 Å². The zero-order valence-electron chi connectivity index (χ0n) is 21.1. The van der Waals surface area contributed by atoms with E-state index in [9.17, 15) is 32.0 Å². The summed E-state index contributed by atoms with van der Waals surface area (Å²) in [4.78, 5) is 16.6. The number of nitriles is 1. The topological polar surface area (TPSA) is 90.7 Å². The molecule has 41 heavy (non-hydrogen) atoms. The monoisotopic (exact) mass is 581 g/mol. The van der Waals surface area contributed by atoms with Gasteiger partial charge in [-0.25, -0.2) is 13.8 Å². The normalized spacial score (nSPS) is 13.5. The Labute approximate surface area is 227 Å². The molecule has 8 nitrogen and oxygen atoms in total. The summed E-state index contributed by atoms with van der Waals surface area (Å²) >= 11 is 0. The molecular formula is C26H18F7N5O3. The predicted octanol–water partition coefficient (Wildman–Crippen LogP) is 5.33. The molecule has 2 aromatic carbocycles. The van der Waals surface area contributed by atoms with Crippen LogP contribution in [0.4, 0.5) is 36.6 Å². The minimum atomic E-state index is -4.92. The number of hydrogen-bond donors (Lipinski definition) is 1. The van der Waals surface area contributed by atoms with Gasteiger partial charge in [0, 0.05) is 30.8 Å². The molecule has 15 heteroatoms. The van der Waals surface area contributed by atoms with Crippen molar-refractivity contribution in [1.29, 1.82) is 5.26 Å². The molecule has 1 aliphatic heterocycles. The Morgan fingerprint density at radius 2 is 1.71 bits per heavy atom. The van der Waals surface area contributed by atoms with Gasteiger partial charge in [-0.2, -0.15) is 27.2 Å². The fourth-order valence-electron chi connectivity index (χ4n) is 4.04. The molecule has 0 spiro atoms. The van der Waals surface area contributed by atoms with Gasteiger partial charge >= 0.3 is 12.8 Å². The van der Waals surface area contributed by atoms with Crippen LogP contribution in [-0.2, 0) is 6.18 Å². The van der Waals surface area contributed by atoms with Gasteiger partial charge in [0.05, 0.1) is 42.2 Å².